The molecule has 0 aliphatic heterocycles. The number of hydrogen-bond acceptors (Lipinski definition) is 1. The van der Waals surface area contributed by atoms with E-state index in [4.69, 9.17) is 5.11 Å². The van der Waals surface area contributed by atoms with E-state index in [2.05, 4.69) is 0 Å². The van der Waals surface area contributed by atoms with Gasteiger partial charge in [0.15, 0.2) is 0 Å². The van der Waals surface area contributed by atoms with Crippen molar-refractivity contribution in [3.05, 3.63) is 0 Å². The molecule has 0 saturated carbocycles. The van der Waals surface area contributed by atoms with E-state index in [1.165, 1.54) is 0 Å². The Hall–Kier alpha value is 0.210. The standard InChI is InChI=1S/C5H10O2.Nb/c1-3-4(2)5(6)7;/h4H,3H2,1-2H3,(H,6,7);. The minimum absolute atomic E-state index is 0. The fourth-order valence-electron chi connectivity index (χ4n) is 0.175. The van der Waals surface area contributed by atoms with Crippen LogP contribution >= 0.6 is 0 Å². The molecule has 1 radical (unpaired) electrons. The van der Waals surface area contributed by atoms with Crippen LogP contribution in [0.3, 0.4) is 0 Å². The Kier molecular flexibility index (Phi) is 7.40. The zero-order valence-electron chi connectivity index (χ0n) is 5.09. The van der Waals surface area contributed by atoms with Crippen molar-refractivity contribution in [2.45, 2.75) is 20.3 Å². The fraction of sp³-hybridized carbons (Fsp3) is 0.800. The average molecular weight is 195 g/mol. The first-order chi connectivity index (χ1) is 3.18. The van der Waals surface area contributed by atoms with E-state index in [-0.39, 0.29) is 28.3 Å². The van der Waals surface area contributed by atoms with Crippen molar-refractivity contribution in [2.24, 2.45) is 5.92 Å². The van der Waals surface area contributed by atoms with Gasteiger partial charge in [-0.3, -0.25) is 4.79 Å². The predicted molar refractivity (Wildman–Crippen MR) is 27.1 cm³/mol. The van der Waals surface area contributed by atoms with Crippen LogP contribution in [0.2, 0.25) is 0 Å². The van der Waals surface area contributed by atoms with Crippen LogP contribution in [0.5, 0.6) is 0 Å². The molecule has 2 nitrogen and oxygen atoms in total. The third-order valence-corrected chi connectivity index (χ3v) is 1.03. The van der Waals surface area contributed by atoms with Gasteiger partial charge >= 0.3 is 5.97 Å². The Morgan fingerprint density at radius 3 is 2.12 bits per heavy atom. The molecular weight excluding hydrogens is 185 g/mol. The first-order valence-electron chi connectivity index (χ1n) is 2.41. The van der Waals surface area contributed by atoms with Crippen LogP contribution in [0.4, 0.5) is 0 Å². The van der Waals surface area contributed by atoms with E-state index >= 15 is 0 Å². The molecule has 0 bridgehead atoms. The monoisotopic (exact) mass is 195 g/mol. The van der Waals surface area contributed by atoms with Crippen LogP contribution in [0, 0.1) is 5.92 Å². The smallest absolute Gasteiger partial charge is 0.306 e. The van der Waals surface area contributed by atoms with Gasteiger partial charge in [-0.05, 0) is 6.42 Å². The summed E-state index contributed by atoms with van der Waals surface area (Å²) in [6, 6.07) is 0. The molecule has 47 valence electrons. The average Bonchev–Trinajstić information content (AvgIpc) is 1.65. The first kappa shape index (κ1) is 11.1. The zero-order valence-corrected chi connectivity index (χ0v) is 7.29. The van der Waals surface area contributed by atoms with Crippen LogP contribution in [0.1, 0.15) is 20.3 Å². The molecule has 0 amide bonds. The van der Waals surface area contributed by atoms with Crippen molar-refractivity contribution in [3.8, 4) is 0 Å². The van der Waals surface area contributed by atoms with Gasteiger partial charge in [-0.25, -0.2) is 0 Å². The quantitative estimate of drug-likeness (QED) is 0.670. The number of carboxylic acids is 1. The summed E-state index contributed by atoms with van der Waals surface area (Å²) in [4.78, 5) is 9.93. The van der Waals surface area contributed by atoms with Crippen molar-refractivity contribution < 1.29 is 32.3 Å². The second kappa shape index (κ2) is 5.35. The summed E-state index contributed by atoms with van der Waals surface area (Å²) < 4.78 is 0. The molecule has 0 rings (SSSR count). The molecule has 0 heterocycles. The van der Waals surface area contributed by atoms with E-state index in [1.54, 1.807) is 6.92 Å². The Labute approximate surface area is 64.8 Å². The van der Waals surface area contributed by atoms with Crippen LogP contribution in [0.25, 0.3) is 0 Å². The predicted octanol–water partition coefficient (Wildman–Crippen LogP) is 1.11. The number of aliphatic carboxylic acids is 1. The molecule has 8 heavy (non-hydrogen) atoms. The summed E-state index contributed by atoms with van der Waals surface area (Å²) in [6.45, 7) is 3.56. The summed E-state index contributed by atoms with van der Waals surface area (Å²) in [6.07, 6.45) is 0.718. The third-order valence-electron chi connectivity index (χ3n) is 1.03. The van der Waals surface area contributed by atoms with E-state index in [9.17, 15) is 4.79 Å². The molecule has 0 aliphatic rings. The number of hydrogen-bond donors (Lipinski definition) is 1. The van der Waals surface area contributed by atoms with Crippen molar-refractivity contribution in [2.75, 3.05) is 0 Å². The van der Waals surface area contributed by atoms with Crippen LogP contribution in [-0.4, -0.2) is 11.1 Å². The second-order valence-corrected chi connectivity index (χ2v) is 1.65. The molecule has 0 spiro atoms. The van der Waals surface area contributed by atoms with Crippen molar-refractivity contribution in [1.82, 2.24) is 0 Å². The van der Waals surface area contributed by atoms with Gasteiger partial charge in [0.25, 0.3) is 0 Å². The molecule has 0 aromatic carbocycles. The Morgan fingerprint density at radius 2 is 2.12 bits per heavy atom. The fourth-order valence-corrected chi connectivity index (χ4v) is 0.175. The minimum atomic E-state index is -0.706. The molecule has 1 atom stereocenters. The molecule has 1 unspecified atom stereocenters. The van der Waals surface area contributed by atoms with Gasteiger partial charge in [0.2, 0.25) is 0 Å². The van der Waals surface area contributed by atoms with Crippen LogP contribution in [-0.2, 0) is 27.2 Å². The first-order valence-corrected chi connectivity index (χ1v) is 2.41. The SMILES string of the molecule is CCC(C)C(=O)O.[Nb]. The summed E-state index contributed by atoms with van der Waals surface area (Å²) in [7, 11) is 0. The van der Waals surface area contributed by atoms with Crippen LogP contribution < -0.4 is 0 Å². The molecule has 0 aromatic rings. The van der Waals surface area contributed by atoms with Gasteiger partial charge in [-0.15, -0.1) is 0 Å². The maximum Gasteiger partial charge on any atom is 0.306 e. The maximum atomic E-state index is 9.93. The van der Waals surface area contributed by atoms with E-state index in [0.29, 0.717) is 0 Å². The normalized spacial score (nSPS) is 11.8. The van der Waals surface area contributed by atoms with E-state index in [0.717, 1.165) is 6.42 Å². The Bertz CT molecular complexity index is 72.8. The number of rotatable bonds is 2. The zero-order chi connectivity index (χ0) is 5.86. The number of carbonyl (C=O) groups is 1. The molecular formula is C5H10NbO2. The second-order valence-electron chi connectivity index (χ2n) is 1.65. The van der Waals surface area contributed by atoms with E-state index < -0.39 is 5.97 Å². The molecule has 0 fully saturated rings. The van der Waals surface area contributed by atoms with Crippen molar-refractivity contribution >= 4 is 5.97 Å². The van der Waals surface area contributed by atoms with Gasteiger partial charge in [0.1, 0.15) is 0 Å². The minimum Gasteiger partial charge on any atom is -0.481 e. The Balaban J connectivity index is 0. The summed E-state index contributed by atoms with van der Waals surface area (Å²) in [5.74, 6) is -0.887. The van der Waals surface area contributed by atoms with E-state index in [1.807, 2.05) is 6.92 Å². The maximum absolute atomic E-state index is 9.93. The summed E-state index contributed by atoms with van der Waals surface area (Å²) in [5.41, 5.74) is 0. The Morgan fingerprint density at radius 1 is 1.75 bits per heavy atom. The van der Waals surface area contributed by atoms with Gasteiger partial charge in [-0.1, -0.05) is 13.8 Å². The topological polar surface area (TPSA) is 37.3 Å². The number of carboxylic acid groups (broad SMARTS) is 1. The van der Waals surface area contributed by atoms with Crippen LogP contribution in [0.15, 0.2) is 0 Å². The summed E-state index contributed by atoms with van der Waals surface area (Å²) >= 11 is 0. The molecule has 0 aliphatic carbocycles. The molecule has 0 saturated heterocycles. The third kappa shape index (κ3) is 4.37. The van der Waals surface area contributed by atoms with Gasteiger partial charge in [0.05, 0.1) is 5.92 Å². The molecule has 3 heteroatoms. The molecule has 0 aromatic heterocycles. The van der Waals surface area contributed by atoms with Crippen molar-refractivity contribution in [3.63, 3.8) is 0 Å². The van der Waals surface area contributed by atoms with Gasteiger partial charge < -0.3 is 5.11 Å². The van der Waals surface area contributed by atoms with Gasteiger partial charge in [-0.2, -0.15) is 0 Å². The summed E-state index contributed by atoms with van der Waals surface area (Å²) in [5, 5.41) is 8.18. The van der Waals surface area contributed by atoms with Gasteiger partial charge in [0, 0.05) is 22.4 Å². The largest absolute Gasteiger partial charge is 0.481 e. The molecule has 1 N–H and O–H groups in total. The van der Waals surface area contributed by atoms with Crippen molar-refractivity contribution in [1.29, 1.82) is 0 Å².